The Kier molecular flexibility index (Phi) is 10.4. The highest BCUT2D eigenvalue weighted by Crippen LogP contribution is 2.52. The second-order valence-corrected chi connectivity index (χ2v) is 18.5. The van der Waals surface area contributed by atoms with E-state index in [0.29, 0.717) is 0 Å². The van der Waals surface area contributed by atoms with Gasteiger partial charge in [-0.05, 0) is 140 Å². The number of hydrogen-bond donors (Lipinski definition) is 0. The fourth-order valence-corrected chi connectivity index (χ4v) is 10.1. The van der Waals surface area contributed by atoms with E-state index >= 15 is 0 Å². The first-order chi connectivity index (χ1) is 32.3. The number of fused-ring (bicyclic) bond motifs is 3. The van der Waals surface area contributed by atoms with Crippen LogP contribution in [0.2, 0.25) is 0 Å². The van der Waals surface area contributed by atoms with Crippen molar-refractivity contribution >= 4 is 28.4 Å². The van der Waals surface area contributed by atoms with E-state index in [2.05, 4.69) is 279 Å². The highest BCUT2D eigenvalue weighted by molar-refractivity contribution is 5.88. The molecule has 0 spiro atoms. The van der Waals surface area contributed by atoms with Crippen molar-refractivity contribution in [2.45, 2.75) is 38.0 Å². The molecule has 11 rings (SSSR count). The first-order valence-electron chi connectivity index (χ1n) is 23.1. The maximum atomic E-state index is 2.44. The summed E-state index contributed by atoms with van der Waals surface area (Å²) < 4.78 is 0. The maximum Gasteiger partial charge on any atom is 0.0465 e. The van der Waals surface area contributed by atoms with E-state index in [1.807, 2.05) is 0 Å². The van der Waals surface area contributed by atoms with E-state index in [-0.39, 0.29) is 10.8 Å². The van der Waals surface area contributed by atoms with Crippen molar-refractivity contribution < 1.29 is 0 Å². The van der Waals surface area contributed by atoms with Gasteiger partial charge < -0.3 is 9.80 Å². The van der Waals surface area contributed by atoms with Gasteiger partial charge in [0.05, 0.1) is 0 Å². The smallest absolute Gasteiger partial charge is 0.0465 e. The second kappa shape index (κ2) is 16.9. The minimum absolute atomic E-state index is 0.125. The van der Waals surface area contributed by atoms with Crippen LogP contribution < -0.4 is 9.80 Å². The number of para-hydroxylation sites is 2. The molecule has 66 heavy (non-hydrogen) atoms. The lowest BCUT2D eigenvalue weighted by atomic mass is 9.76. The predicted molar refractivity (Wildman–Crippen MR) is 279 cm³/mol. The van der Waals surface area contributed by atoms with Gasteiger partial charge in [-0.2, -0.15) is 0 Å². The largest absolute Gasteiger partial charge is 0.311 e. The van der Waals surface area contributed by atoms with Crippen LogP contribution in [-0.2, 0) is 10.8 Å². The molecule has 0 amide bonds. The number of rotatable bonds is 10. The van der Waals surface area contributed by atoms with Crippen LogP contribution in [0, 0.1) is 0 Å². The van der Waals surface area contributed by atoms with Crippen LogP contribution in [0.4, 0.5) is 28.4 Å². The molecule has 1 unspecified atom stereocenters. The van der Waals surface area contributed by atoms with Crippen molar-refractivity contribution in [2.75, 3.05) is 9.80 Å². The van der Waals surface area contributed by atoms with Gasteiger partial charge in [0.15, 0.2) is 0 Å². The monoisotopic (exact) mass is 848 g/mol. The molecule has 2 heteroatoms. The third-order valence-corrected chi connectivity index (χ3v) is 13.9. The Hall–Kier alpha value is -7.94. The molecule has 0 saturated carbocycles. The Balaban J connectivity index is 0.913. The van der Waals surface area contributed by atoms with Crippen molar-refractivity contribution in [3.63, 3.8) is 0 Å². The second-order valence-electron chi connectivity index (χ2n) is 18.5. The van der Waals surface area contributed by atoms with Crippen molar-refractivity contribution in [3.05, 3.63) is 271 Å². The topological polar surface area (TPSA) is 6.48 Å². The van der Waals surface area contributed by atoms with Crippen LogP contribution in [0.25, 0.3) is 44.5 Å². The molecule has 2 nitrogen and oxygen atoms in total. The van der Waals surface area contributed by atoms with Crippen LogP contribution in [0.5, 0.6) is 0 Å². The molecule has 0 saturated heterocycles. The first kappa shape index (κ1) is 40.8. The van der Waals surface area contributed by atoms with E-state index in [9.17, 15) is 0 Å². The molecule has 0 N–H and O–H groups in total. The standard InChI is InChI=1S/C64H52N2/c1-63(2)61-44-57(65(53-26-12-6-13-27-53)55-32-30-48(31-33-55)50-23-16-22-49(42-50)46-18-8-4-9-19-46)34-36-59(61)60-37-35-58(45-62(60)63)66(54-28-14-7-15-29-54)56-38-40-64(3,41-39-56)52-25-17-24-51(43-52)47-20-10-5-11-21-47/h4-40,42-45H,41H2,1-3H3. The predicted octanol–water partition coefficient (Wildman–Crippen LogP) is 17.4. The Morgan fingerprint density at radius 1 is 0.348 bits per heavy atom. The summed E-state index contributed by atoms with van der Waals surface area (Å²) in [6, 6.07) is 83.9. The Bertz CT molecular complexity index is 3240. The zero-order valence-electron chi connectivity index (χ0n) is 37.8. The number of benzene rings is 9. The molecule has 0 aromatic heterocycles. The molecule has 0 aliphatic heterocycles. The van der Waals surface area contributed by atoms with Gasteiger partial charge in [0.25, 0.3) is 0 Å². The number of nitrogens with zero attached hydrogens (tertiary/aromatic N) is 2. The van der Waals surface area contributed by atoms with E-state index < -0.39 is 0 Å². The summed E-state index contributed by atoms with van der Waals surface area (Å²) in [5.74, 6) is 0. The SMILES string of the molecule is CC1(c2cccc(-c3ccccc3)c2)C=CC(N(c2ccccc2)c2ccc3c(c2)C(C)(C)c2cc(N(c4ccccc4)c4ccc(-c5cccc(-c6ccccc6)c5)cc4)ccc2-3)=CC1. The van der Waals surface area contributed by atoms with Crippen LogP contribution in [0.1, 0.15) is 43.9 Å². The minimum atomic E-state index is -0.242. The lowest BCUT2D eigenvalue weighted by Crippen LogP contribution is -2.24. The summed E-state index contributed by atoms with van der Waals surface area (Å²) in [5, 5.41) is 0. The lowest BCUT2D eigenvalue weighted by molar-refractivity contribution is 0.595. The fraction of sp³-hybridized carbons (Fsp3) is 0.0938. The number of anilines is 5. The molecular weight excluding hydrogens is 797 g/mol. The molecule has 0 fully saturated rings. The minimum Gasteiger partial charge on any atom is -0.311 e. The molecule has 2 aliphatic carbocycles. The number of hydrogen-bond acceptors (Lipinski definition) is 2. The van der Waals surface area contributed by atoms with Crippen molar-refractivity contribution in [1.29, 1.82) is 0 Å². The average molecular weight is 849 g/mol. The Morgan fingerprint density at radius 3 is 1.30 bits per heavy atom. The van der Waals surface area contributed by atoms with E-state index in [0.717, 1.165) is 34.9 Å². The fourth-order valence-electron chi connectivity index (χ4n) is 10.1. The summed E-state index contributed by atoms with van der Waals surface area (Å²) in [6.45, 7) is 7.13. The highest BCUT2D eigenvalue weighted by atomic mass is 15.2. The number of allylic oxidation sites excluding steroid dienone is 3. The molecular formula is C64H52N2. The van der Waals surface area contributed by atoms with Crippen molar-refractivity contribution in [2.24, 2.45) is 0 Å². The molecule has 0 bridgehead atoms. The van der Waals surface area contributed by atoms with Crippen molar-refractivity contribution in [1.82, 2.24) is 0 Å². The molecule has 9 aromatic carbocycles. The molecule has 2 aliphatic rings. The normalized spacial score (nSPS) is 15.7. The third kappa shape index (κ3) is 7.55. The van der Waals surface area contributed by atoms with Gasteiger partial charge in [-0.25, -0.2) is 0 Å². The third-order valence-electron chi connectivity index (χ3n) is 13.9. The van der Waals surface area contributed by atoms with Gasteiger partial charge in [0.2, 0.25) is 0 Å². The average Bonchev–Trinajstić information content (AvgIpc) is 3.60. The van der Waals surface area contributed by atoms with E-state index in [1.54, 1.807) is 0 Å². The lowest BCUT2D eigenvalue weighted by Gasteiger charge is -2.34. The zero-order valence-corrected chi connectivity index (χ0v) is 37.8. The molecule has 9 aromatic rings. The summed E-state index contributed by atoms with van der Waals surface area (Å²) in [6.07, 6.45) is 8.06. The summed E-state index contributed by atoms with van der Waals surface area (Å²) in [5.41, 5.74) is 20.4. The molecule has 318 valence electrons. The van der Waals surface area contributed by atoms with Crippen LogP contribution in [0.3, 0.4) is 0 Å². The van der Waals surface area contributed by atoms with Gasteiger partial charge in [0.1, 0.15) is 0 Å². The van der Waals surface area contributed by atoms with E-state index in [1.165, 1.54) is 66.9 Å². The first-order valence-corrected chi connectivity index (χ1v) is 23.1. The van der Waals surface area contributed by atoms with Crippen LogP contribution in [0.15, 0.2) is 254 Å². The molecule has 0 heterocycles. The van der Waals surface area contributed by atoms with Gasteiger partial charge in [-0.1, -0.05) is 197 Å². The Labute approximate surface area is 390 Å². The Morgan fingerprint density at radius 2 is 0.773 bits per heavy atom. The molecule has 1 atom stereocenters. The highest BCUT2D eigenvalue weighted by Gasteiger charge is 2.37. The van der Waals surface area contributed by atoms with E-state index in [4.69, 9.17) is 0 Å². The summed E-state index contributed by atoms with van der Waals surface area (Å²) >= 11 is 0. The van der Waals surface area contributed by atoms with Crippen LogP contribution >= 0.6 is 0 Å². The van der Waals surface area contributed by atoms with Gasteiger partial charge in [-0.15, -0.1) is 0 Å². The summed E-state index contributed by atoms with van der Waals surface area (Å²) in [7, 11) is 0. The van der Waals surface area contributed by atoms with Crippen LogP contribution in [-0.4, -0.2) is 0 Å². The summed E-state index contributed by atoms with van der Waals surface area (Å²) in [4.78, 5) is 4.82. The van der Waals surface area contributed by atoms with Crippen molar-refractivity contribution in [3.8, 4) is 44.5 Å². The van der Waals surface area contributed by atoms with Gasteiger partial charge >= 0.3 is 0 Å². The quantitative estimate of drug-likeness (QED) is 0.135. The maximum absolute atomic E-state index is 2.44. The zero-order chi connectivity index (χ0) is 44.7. The molecule has 0 radical (unpaired) electrons. The van der Waals surface area contributed by atoms with Gasteiger partial charge in [-0.3, -0.25) is 0 Å². The van der Waals surface area contributed by atoms with Gasteiger partial charge in [0, 0.05) is 45.0 Å².